The molecule has 1 amide bonds. The van der Waals surface area contributed by atoms with E-state index in [1.165, 1.54) is 0 Å². The van der Waals surface area contributed by atoms with Crippen LogP contribution in [0.2, 0.25) is 5.02 Å². The first-order chi connectivity index (χ1) is 10.9. The van der Waals surface area contributed by atoms with Crippen molar-refractivity contribution >= 4 is 45.3 Å². The third-order valence-electron chi connectivity index (χ3n) is 2.83. The predicted molar refractivity (Wildman–Crippen MR) is 86.3 cm³/mol. The zero-order chi connectivity index (χ0) is 17.0. The van der Waals surface area contributed by atoms with E-state index in [9.17, 15) is 14.0 Å². The van der Waals surface area contributed by atoms with Crippen molar-refractivity contribution in [2.45, 2.75) is 6.61 Å². The highest BCUT2D eigenvalue weighted by Gasteiger charge is 2.21. The van der Waals surface area contributed by atoms with Crippen LogP contribution in [0.1, 0.15) is 15.9 Å². The summed E-state index contributed by atoms with van der Waals surface area (Å²) >= 11 is 8.81. The van der Waals surface area contributed by atoms with Gasteiger partial charge in [-0.1, -0.05) is 41.9 Å². The van der Waals surface area contributed by atoms with E-state index in [2.05, 4.69) is 21.2 Å². The van der Waals surface area contributed by atoms with Crippen molar-refractivity contribution in [1.82, 2.24) is 0 Å². The summed E-state index contributed by atoms with van der Waals surface area (Å²) in [4.78, 5) is 22.8. The van der Waals surface area contributed by atoms with Crippen LogP contribution in [0.3, 0.4) is 0 Å². The van der Waals surface area contributed by atoms with Crippen LogP contribution in [0.4, 0.5) is 14.9 Å². The van der Waals surface area contributed by atoms with Crippen LogP contribution in [-0.2, 0) is 11.3 Å². The van der Waals surface area contributed by atoms with Crippen molar-refractivity contribution in [3.8, 4) is 0 Å². The third-order valence-corrected chi connectivity index (χ3v) is 3.99. The number of carboxylic acids is 1. The van der Waals surface area contributed by atoms with Gasteiger partial charge in [0.05, 0.1) is 20.7 Å². The van der Waals surface area contributed by atoms with Gasteiger partial charge in [0.15, 0.2) is 0 Å². The van der Waals surface area contributed by atoms with E-state index in [1.54, 1.807) is 24.3 Å². The molecule has 0 radical (unpaired) electrons. The molecule has 0 aromatic heterocycles. The number of hydrogen-bond acceptors (Lipinski definition) is 3. The van der Waals surface area contributed by atoms with E-state index in [4.69, 9.17) is 21.4 Å². The van der Waals surface area contributed by atoms with Gasteiger partial charge in [0.1, 0.15) is 12.4 Å². The van der Waals surface area contributed by atoms with Gasteiger partial charge in [-0.2, -0.15) is 0 Å². The highest BCUT2D eigenvalue weighted by Crippen LogP contribution is 2.36. The molecule has 0 aliphatic rings. The lowest BCUT2D eigenvalue weighted by atomic mass is 10.2. The Bertz CT molecular complexity index is 755. The Hall–Kier alpha value is -2.12. The largest absolute Gasteiger partial charge is 0.478 e. The molecule has 0 bridgehead atoms. The molecule has 0 fully saturated rings. The van der Waals surface area contributed by atoms with E-state index in [0.717, 1.165) is 11.6 Å². The SMILES string of the molecule is O=C(Nc1c(Cl)c(C(=O)O)cc(F)c1Br)OCc1ccccc1. The molecular formula is C15H10BrClFNO4. The van der Waals surface area contributed by atoms with Crippen molar-refractivity contribution in [2.75, 3.05) is 5.32 Å². The van der Waals surface area contributed by atoms with Gasteiger partial charge in [0, 0.05) is 0 Å². The topological polar surface area (TPSA) is 75.6 Å². The summed E-state index contributed by atoms with van der Waals surface area (Å²) in [6, 6.07) is 9.68. The fourth-order valence-electron chi connectivity index (χ4n) is 1.73. The van der Waals surface area contributed by atoms with Gasteiger partial charge in [-0.25, -0.2) is 14.0 Å². The maximum Gasteiger partial charge on any atom is 0.412 e. The maximum atomic E-state index is 13.7. The number of carbonyl (C=O) groups is 2. The van der Waals surface area contributed by atoms with Crippen molar-refractivity contribution in [2.24, 2.45) is 0 Å². The van der Waals surface area contributed by atoms with Gasteiger partial charge < -0.3 is 9.84 Å². The number of aromatic carboxylic acids is 1. The number of amides is 1. The number of carbonyl (C=O) groups excluding carboxylic acids is 1. The van der Waals surface area contributed by atoms with Crippen LogP contribution in [0.5, 0.6) is 0 Å². The van der Waals surface area contributed by atoms with E-state index in [-0.39, 0.29) is 21.8 Å². The monoisotopic (exact) mass is 401 g/mol. The average Bonchev–Trinajstić information content (AvgIpc) is 2.53. The summed E-state index contributed by atoms with van der Waals surface area (Å²) in [6.45, 7) is 0.00299. The lowest BCUT2D eigenvalue weighted by molar-refractivity contribution is 0.0696. The van der Waals surface area contributed by atoms with Crippen LogP contribution < -0.4 is 5.32 Å². The van der Waals surface area contributed by atoms with Gasteiger partial charge in [0.2, 0.25) is 0 Å². The molecule has 0 atom stereocenters. The molecule has 0 heterocycles. The smallest absolute Gasteiger partial charge is 0.412 e. The molecule has 2 aromatic rings. The quantitative estimate of drug-likeness (QED) is 0.728. The second kappa shape index (κ2) is 7.43. The fraction of sp³-hybridized carbons (Fsp3) is 0.0667. The van der Waals surface area contributed by atoms with Crippen LogP contribution in [0, 0.1) is 5.82 Å². The molecule has 2 N–H and O–H groups in total. The van der Waals surface area contributed by atoms with Crippen LogP contribution in [0.25, 0.3) is 0 Å². The number of halogens is 3. The molecule has 0 saturated heterocycles. The van der Waals surface area contributed by atoms with Crippen LogP contribution in [0.15, 0.2) is 40.9 Å². The number of carboxylic acid groups (broad SMARTS) is 1. The second-order valence-electron chi connectivity index (χ2n) is 4.40. The highest BCUT2D eigenvalue weighted by atomic mass is 79.9. The lowest BCUT2D eigenvalue weighted by Gasteiger charge is -2.12. The van der Waals surface area contributed by atoms with Gasteiger partial charge in [0.25, 0.3) is 0 Å². The zero-order valence-corrected chi connectivity index (χ0v) is 13.8. The first-order valence-corrected chi connectivity index (χ1v) is 7.45. The number of hydrogen-bond donors (Lipinski definition) is 2. The average molecular weight is 403 g/mol. The number of rotatable bonds is 4. The van der Waals surface area contributed by atoms with Crippen LogP contribution >= 0.6 is 27.5 Å². The van der Waals surface area contributed by atoms with Gasteiger partial charge in [-0.05, 0) is 27.6 Å². The number of anilines is 1. The molecule has 0 saturated carbocycles. The molecule has 5 nitrogen and oxygen atoms in total. The van der Waals surface area contributed by atoms with E-state index in [0.29, 0.717) is 0 Å². The summed E-state index contributed by atoms with van der Waals surface area (Å²) in [7, 11) is 0. The summed E-state index contributed by atoms with van der Waals surface area (Å²) < 4.78 is 18.5. The summed E-state index contributed by atoms with van der Waals surface area (Å²) in [5.74, 6) is -2.28. The molecule has 2 aromatic carbocycles. The van der Waals surface area contributed by atoms with Crippen molar-refractivity contribution in [3.63, 3.8) is 0 Å². The van der Waals surface area contributed by atoms with E-state index in [1.807, 2.05) is 6.07 Å². The normalized spacial score (nSPS) is 10.2. The van der Waals surface area contributed by atoms with Crippen molar-refractivity contribution in [1.29, 1.82) is 0 Å². The minimum atomic E-state index is -1.41. The Morgan fingerprint density at radius 2 is 1.96 bits per heavy atom. The number of nitrogens with one attached hydrogen (secondary N) is 1. The molecule has 8 heteroatoms. The first-order valence-electron chi connectivity index (χ1n) is 6.28. The molecule has 0 spiro atoms. The van der Waals surface area contributed by atoms with Gasteiger partial charge in [-0.15, -0.1) is 0 Å². The number of ether oxygens (including phenoxy) is 1. The molecule has 0 aliphatic carbocycles. The predicted octanol–water partition coefficient (Wildman–Crippen LogP) is 4.69. The van der Waals surface area contributed by atoms with Gasteiger partial charge in [-0.3, -0.25) is 5.32 Å². The highest BCUT2D eigenvalue weighted by molar-refractivity contribution is 9.10. The Balaban J connectivity index is 2.16. The van der Waals surface area contributed by atoms with Crippen molar-refractivity contribution < 1.29 is 23.8 Å². The first kappa shape index (κ1) is 17.2. The summed E-state index contributed by atoms with van der Waals surface area (Å²) in [5.41, 5.74) is 0.0890. The van der Waals surface area contributed by atoms with E-state index >= 15 is 0 Å². The molecule has 0 aliphatic heterocycles. The Kier molecular flexibility index (Phi) is 5.57. The molecule has 0 unspecified atom stereocenters. The fourth-order valence-corrected chi connectivity index (χ4v) is 2.53. The third kappa shape index (κ3) is 4.20. The Labute approximate surface area is 144 Å². The van der Waals surface area contributed by atoms with Crippen LogP contribution in [-0.4, -0.2) is 17.2 Å². The minimum Gasteiger partial charge on any atom is -0.478 e. The molecule has 120 valence electrons. The minimum absolute atomic E-state index is 0.00299. The second-order valence-corrected chi connectivity index (χ2v) is 5.57. The molecular weight excluding hydrogens is 393 g/mol. The Morgan fingerprint density at radius 3 is 2.57 bits per heavy atom. The lowest BCUT2D eigenvalue weighted by Crippen LogP contribution is -2.15. The zero-order valence-electron chi connectivity index (χ0n) is 11.5. The number of benzene rings is 2. The standard InChI is InChI=1S/C15H10BrClFNO4/c16-11-10(18)6-9(14(20)21)12(17)13(11)19-15(22)23-7-8-4-2-1-3-5-8/h1-6H,7H2,(H,19,22)(H,20,21). The molecule has 2 rings (SSSR count). The molecule has 23 heavy (non-hydrogen) atoms. The van der Waals surface area contributed by atoms with Gasteiger partial charge >= 0.3 is 12.1 Å². The van der Waals surface area contributed by atoms with Crippen molar-refractivity contribution in [3.05, 3.63) is 62.8 Å². The maximum absolute atomic E-state index is 13.7. The summed E-state index contributed by atoms with van der Waals surface area (Å²) in [6.07, 6.45) is -0.890. The summed E-state index contributed by atoms with van der Waals surface area (Å²) in [5, 5.41) is 10.9. The van der Waals surface area contributed by atoms with E-state index < -0.39 is 23.4 Å². The Morgan fingerprint density at radius 1 is 1.30 bits per heavy atom.